The maximum atomic E-state index is 12.0. The van der Waals surface area contributed by atoms with Crippen LogP contribution < -0.4 is 15.6 Å². The molecule has 0 aliphatic heterocycles. The highest BCUT2D eigenvalue weighted by Gasteiger charge is 2.07. The van der Waals surface area contributed by atoms with Crippen LogP contribution in [0.5, 0.6) is 0 Å². The Balaban J connectivity index is 1.85. The second kappa shape index (κ2) is 8.58. The Kier molecular flexibility index (Phi) is 6.22. The maximum absolute atomic E-state index is 12.0. The first-order valence-corrected chi connectivity index (χ1v) is 7.76. The first-order chi connectivity index (χ1) is 12.0. The number of benzene rings is 1. The number of aromatic nitrogens is 1. The van der Waals surface area contributed by atoms with Crippen LogP contribution in [0.4, 0.5) is 11.4 Å². The van der Waals surface area contributed by atoms with E-state index in [4.69, 9.17) is 0 Å². The standard InChI is InChI=1S/C18H21N5O2/c1-13(21-22-18(25)14-5-4-10-19-12-14)11-17(24)20-15-6-8-16(9-7-15)23(2)3/h4-10,12H,11H2,1-3H3,(H,20,24)(H,22,25). The van der Waals surface area contributed by atoms with Crippen molar-refractivity contribution in [3.05, 3.63) is 54.4 Å². The van der Waals surface area contributed by atoms with Gasteiger partial charge in [0.05, 0.1) is 12.0 Å². The van der Waals surface area contributed by atoms with Crippen LogP contribution >= 0.6 is 0 Å². The average Bonchev–Trinajstić information content (AvgIpc) is 2.60. The van der Waals surface area contributed by atoms with Crippen molar-refractivity contribution < 1.29 is 9.59 Å². The fourth-order valence-electron chi connectivity index (χ4n) is 2.03. The summed E-state index contributed by atoms with van der Waals surface area (Å²) in [5.41, 5.74) is 5.08. The zero-order chi connectivity index (χ0) is 18.2. The third kappa shape index (κ3) is 5.72. The van der Waals surface area contributed by atoms with Crippen LogP contribution in [0.3, 0.4) is 0 Å². The maximum Gasteiger partial charge on any atom is 0.272 e. The summed E-state index contributed by atoms with van der Waals surface area (Å²) in [5.74, 6) is -0.568. The normalized spacial score (nSPS) is 10.9. The third-order valence-electron chi connectivity index (χ3n) is 3.36. The van der Waals surface area contributed by atoms with Crippen molar-refractivity contribution >= 4 is 28.9 Å². The largest absolute Gasteiger partial charge is 0.378 e. The van der Waals surface area contributed by atoms with Gasteiger partial charge in [0.2, 0.25) is 5.91 Å². The lowest BCUT2D eigenvalue weighted by Crippen LogP contribution is -2.21. The molecule has 1 heterocycles. The van der Waals surface area contributed by atoms with Crippen LogP contribution in [0.1, 0.15) is 23.7 Å². The van der Waals surface area contributed by atoms with Gasteiger partial charge in [0.1, 0.15) is 0 Å². The van der Waals surface area contributed by atoms with Crippen molar-refractivity contribution in [2.45, 2.75) is 13.3 Å². The molecule has 25 heavy (non-hydrogen) atoms. The smallest absolute Gasteiger partial charge is 0.272 e. The fraction of sp³-hybridized carbons (Fsp3) is 0.222. The second-order valence-electron chi connectivity index (χ2n) is 5.70. The summed E-state index contributed by atoms with van der Waals surface area (Å²) in [6.45, 7) is 1.68. The molecule has 0 aliphatic carbocycles. The summed E-state index contributed by atoms with van der Waals surface area (Å²) in [6.07, 6.45) is 3.12. The van der Waals surface area contributed by atoms with Crippen LogP contribution in [0.2, 0.25) is 0 Å². The lowest BCUT2D eigenvalue weighted by atomic mass is 10.2. The molecule has 130 valence electrons. The lowest BCUT2D eigenvalue weighted by Gasteiger charge is -2.13. The number of carbonyl (C=O) groups excluding carboxylic acids is 2. The van der Waals surface area contributed by atoms with E-state index >= 15 is 0 Å². The number of pyridine rings is 1. The number of nitrogens with one attached hydrogen (secondary N) is 2. The molecule has 0 fully saturated rings. The molecule has 2 rings (SSSR count). The first kappa shape index (κ1) is 18.1. The quantitative estimate of drug-likeness (QED) is 0.624. The molecule has 0 saturated heterocycles. The summed E-state index contributed by atoms with van der Waals surface area (Å²) in [6, 6.07) is 10.8. The molecule has 0 bridgehead atoms. The van der Waals surface area contributed by atoms with Crippen molar-refractivity contribution in [1.82, 2.24) is 10.4 Å². The van der Waals surface area contributed by atoms with E-state index in [1.54, 1.807) is 25.3 Å². The van der Waals surface area contributed by atoms with E-state index in [2.05, 4.69) is 20.8 Å². The number of hydrogen-bond donors (Lipinski definition) is 2. The molecule has 0 radical (unpaired) electrons. The molecule has 2 aromatic rings. The van der Waals surface area contributed by atoms with Gasteiger partial charge in [-0.15, -0.1) is 0 Å². The molecule has 0 unspecified atom stereocenters. The molecule has 2 amide bonds. The number of hydrogen-bond acceptors (Lipinski definition) is 5. The highest BCUT2D eigenvalue weighted by molar-refractivity contribution is 6.06. The van der Waals surface area contributed by atoms with Gasteiger partial charge in [0.25, 0.3) is 5.91 Å². The minimum Gasteiger partial charge on any atom is -0.378 e. The number of hydrazone groups is 1. The summed E-state index contributed by atoms with van der Waals surface area (Å²) < 4.78 is 0. The zero-order valence-electron chi connectivity index (χ0n) is 14.5. The van der Waals surface area contributed by atoms with Crippen LogP contribution in [-0.2, 0) is 4.79 Å². The van der Waals surface area contributed by atoms with Gasteiger partial charge < -0.3 is 10.2 Å². The molecule has 0 atom stereocenters. The fourth-order valence-corrected chi connectivity index (χ4v) is 2.03. The van der Waals surface area contributed by atoms with Gasteiger partial charge in [-0.2, -0.15) is 5.10 Å². The van der Waals surface area contributed by atoms with E-state index in [1.165, 1.54) is 6.20 Å². The number of amides is 2. The molecule has 1 aromatic heterocycles. The lowest BCUT2D eigenvalue weighted by molar-refractivity contribution is -0.115. The Labute approximate surface area is 146 Å². The Morgan fingerprint density at radius 1 is 1.16 bits per heavy atom. The first-order valence-electron chi connectivity index (χ1n) is 7.76. The SMILES string of the molecule is CC(CC(=O)Nc1ccc(N(C)C)cc1)=NNC(=O)c1cccnc1. The topological polar surface area (TPSA) is 86.7 Å². The van der Waals surface area contributed by atoms with Gasteiger partial charge in [-0.05, 0) is 43.3 Å². The Hall–Kier alpha value is -3.22. The molecule has 7 nitrogen and oxygen atoms in total. The van der Waals surface area contributed by atoms with Gasteiger partial charge in [0.15, 0.2) is 0 Å². The molecule has 0 spiro atoms. The number of carbonyl (C=O) groups is 2. The highest BCUT2D eigenvalue weighted by Crippen LogP contribution is 2.15. The third-order valence-corrected chi connectivity index (χ3v) is 3.36. The van der Waals surface area contributed by atoms with Gasteiger partial charge in [0, 0.05) is 43.6 Å². The van der Waals surface area contributed by atoms with E-state index in [-0.39, 0.29) is 18.2 Å². The predicted octanol–water partition coefficient (Wildman–Crippen LogP) is 2.28. The van der Waals surface area contributed by atoms with E-state index in [9.17, 15) is 9.59 Å². The second-order valence-corrected chi connectivity index (χ2v) is 5.70. The number of rotatable bonds is 6. The van der Waals surface area contributed by atoms with Crippen molar-refractivity contribution in [3.63, 3.8) is 0 Å². The van der Waals surface area contributed by atoms with Gasteiger partial charge >= 0.3 is 0 Å². The van der Waals surface area contributed by atoms with E-state index in [1.807, 2.05) is 43.3 Å². The molecule has 0 aliphatic rings. The van der Waals surface area contributed by atoms with Crippen molar-refractivity contribution in [2.24, 2.45) is 5.10 Å². The van der Waals surface area contributed by atoms with E-state index < -0.39 is 0 Å². The van der Waals surface area contributed by atoms with E-state index in [0.717, 1.165) is 5.69 Å². The molecule has 2 N–H and O–H groups in total. The summed E-state index contributed by atoms with van der Waals surface area (Å²) >= 11 is 0. The molecule has 0 saturated carbocycles. The van der Waals surface area contributed by atoms with Gasteiger partial charge in [-0.25, -0.2) is 5.43 Å². The van der Waals surface area contributed by atoms with Crippen LogP contribution in [-0.4, -0.2) is 36.6 Å². The minimum atomic E-state index is -0.368. The average molecular weight is 339 g/mol. The van der Waals surface area contributed by atoms with Crippen molar-refractivity contribution in [2.75, 3.05) is 24.3 Å². The van der Waals surface area contributed by atoms with Gasteiger partial charge in [-0.3, -0.25) is 14.6 Å². The Morgan fingerprint density at radius 2 is 1.88 bits per heavy atom. The molecular formula is C18H21N5O2. The molecule has 7 heteroatoms. The zero-order valence-corrected chi connectivity index (χ0v) is 14.5. The van der Waals surface area contributed by atoms with Crippen LogP contribution in [0.15, 0.2) is 53.9 Å². The van der Waals surface area contributed by atoms with Crippen LogP contribution in [0.25, 0.3) is 0 Å². The predicted molar refractivity (Wildman–Crippen MR) is 98.8 cm³/mol. The van der Waals surface area contributed by atoms with Crippen LogP contribution in [0, 0.1) is 0 Å². The number of anilines is 2. The molecular weight excluding hydrogens is 318 g/mol. The highest BCUT2D eigenvalue weighted by atomic mass is 16.2. The summed E-state index contributed by atoms with van der Waals surface area (Å²) in [5, 5.41) is 6.74. The van der Waals surface area contributed by atoms with E-state index in [0.29, 0.717) is 17.0 Å². The van der Waals surface area contributed by atoms with Gasteiger partial charge in [-0.1, -0.05) is 0 Å². The summed E-state index contributed by atoms with van der Waals surface area (Å²) in [4.78, 5) is 29.7. The van der Waals surface area contributed by atoms with Crippen molar-refractivity contribution in [3.8, 4) is 0 Å². The Morgan fingerprint density at radius 3 is 2.48 bits per heavy atom. The minimum absolute atomic E-state index is 0.0861. The van der Waals surface area contributed by atoms with Crippen molar-refractivity contribution in [1.29, 1.82) is 0 Å². The summed E-state index contributed by atoms with van der Waals surface area (Å²) in [7, 11) is 3.90. The molecule has 1 aromatic carbocycles. The monoisotopic (exact) mass is 339 g/mol. The number of nitrogens with zero attached hydrogens (tertiary/aromatic N) is 3. The Bertz CT molecular complexity index is 755.